The van der Waals surface area contributed by atoms with Gasteiger partial charge in [0.25, 0.3) is 0 Å². The Morgan fingerprint density at radius 1 is 1.44 bits per heavy atom. The lowest BCUT2D eigenvalue weighted by molar-refractivity contribution is 0.148. The van der Waals surface area contributed by atoms with Crippen LogP contribution in [0.15, 0.2) is 22.9 Å². The number of rotatable bonds is 5. The predicted molar refractivity (Wildman–Crippen MR) is 94.2 cm³/mol. The summed E-state index contributed by atoms with van der Waals surface area (Å²) in [5.74, 6) is 1.52. The number of nitrogens with one attached hydrogen (secondary N) is 1. The summed E-state index contributed by atoms with van der Waals surface area (Å²) in [7, 11) is 2.03. The Labute approximate surface area is 148 Å². The fraction of sp³-hybridized carbons (Fsp3) is 0.611. The first-order chi connectivity index (χ1) is 12.1. The highest BCUT2D eigenvalue weighted by Crippen LogP contribution is 2.30. The van der Waals surface area contributed by atoms with Crippen molar-refractivity contribution < 1.29 is 9.32 Å². The first kappa shape index (κ1) is 17.5. The number of nitrogens with zero attached hydrogens (tertiary/aromatic N) is 4. The van der Waals surface area contributed by atoms with Crippen LogP contribution in [0, 0.1) is 0 Å². The van der Waals surface area contributed by atoms with Gasteiger partial charge in [0.15, 0.2) is 5.82 Å². The summed E-state index contributed by atoms with van der Waals surface area (Å²) in [5.41, 5.74) is 1.19. The molecular formula is C18H27N5O2. The highest BCUT2D eigenvalue weighted by atomic mass is 16.5. The first-order valence-corrected chi connectivity index (χ1v) is 9.04. The van der Waals surface area contributed by atoms with Gasteiger partial charge >= 0.3 is 6.03 Å². The molecule has 0 radical (unpaired) electrons. The number of hydrogen-bond acceptors (Lipinski definition) is 4. The number of likely N-dealkylation sites (tertiary alicyclic amines) is 1. The van der Waals surface area contributed by atoms with Crippen LogP contribution in [0.2, 0.25) is 0 Å². The zero-order valence-electron chi connectivity index (χ0n) is 15.2. The maximum atomic E-state index is 12.7. The maximum absolute atomic E-state index is 12.7. The number of urea groups is 1. The molecule has 0 aromatic carbocycles. The van der Waals surface area contributed by atoms with Crippen LogP contribution in [0.5, 0.6) is 0 Å². The average Bonchev–Trinajstić information content (AvgIpc) is 3.24. The molecule has 3 heterocycles. The first-order valence-electron chi connectivity index (χ1n) is 9.04. The predicted octanol–water partition coefficient (Wildman–Crippen LogP) is 3.01. The van der Waals surface area contributed by atoms with Gasteiger partial charge in [-0.3, -0.25) is 0 Å². The molecule has 1 saturated heterocycles. The van der Waals surface area contributed by atoms with Crippen LogP contribution in [-0.2, 0) is 13.5 Å². The van der Waals surface area contributed by atoms with Gasteiger partial charge < -0.3 is 19.3 Å². The monoisotopic (exact) mass is 345 g/mol. The zero-order chi connectivity index (χ0) is 17.8. The van der Waals surface area contributed by atoms with Crippen molar-refractivity contribution in [2.45, 2.75) is 51.5 Å². The van der Waals surface area contributed by atoms with E-state index in [0.717, 1.165) is 25.8 Å². The average molecular weight is 345 g/mol. The number of carbonyl (C=O) groups is 1. The minimum atomic E-state index is -0.0190. The molecule has 25 heavy (non-hydrogen) atoms. The molecule has 136 valence electrons. The molecule has 0 unspecified atom stereocenters. The molecule has 2 aromatic heterocycles. The summed E-state index contributed by atoms with van der Waals surface area (Å²) in [6.45, 7) is 5.33. The van der Waals surface area contributed by atoms with Crippen molar-refractivity contribution in [2.75, 3.05) is 13.1 Å². The Morgan fingerprint density at radius 2 is 2.28 bits per heavy atom. The van der Waals surface area contributed by atoms with E-state index in [9.17, 15) is 4.79 Å². The van der Waals surface area contributed by atoms with E-state index < -0.39 is 0 Å². The van der Waals surface area contributed by atoms with Crippen molar-refractivity contribution in [3.05, 3.63) is 35.7 Å². The van der Waals surface area contributed by atoms with E-state index in [0.29, 0.717) is 24.7 Å². The molecule has 2 amide bonds. The van der Waals surface area contributed by atoms with E-state index in [1.807, 2.05) is 38.1 Å². The van der Waals surface area contributed by atoms with Gasteiger partial charge in [-0.25, -0.2) is 4.79 Å². The fourth-order valence-electron chi connectivity index (χ4n) is 3.28. The molecule has 1 atom stereocenters. The Kier molecular flexibility index (Phi) is 5.40. The Hall–Kier alpha value is -2.31. The van der Waals surface area contributed by atoms with E-state index in [4.69, 9.17) is 4.52 Å². The van der Waals surface area contributed by atoms with Crippen molar-refractivity contribution in [3.63, 3.8) is 0 Å². The number of amides is 2. The molecule has 2 aromatic rings. The van der Waals surface area contributed by atoms with Gasteiger partial charge in [0.1, 0.15) is 0 Å². The molecule has 0 bridgehead atoms. The molecule has 1 aliphatic heterocycles. The maximum Gasteiger partial charge on any atom is 0.317 e. The third kappa shape index (κ3) is 4.03. The largest absolute Gasteiger partial charge is 0.353 e. The number of aryl methyl sites for hydroxylation is 1. The van der Waals surface area contributed by atoms with Crippen LogP contribution in [0.25, 0.3) is 0 Å². The standard InChI is InChI=1S/C18H27N5O2/c1-13(2)17-20-16(25-21-17)9-10-19-18(24)23-12-5-4-7-15(23)14-8-6-11-22(14)3/h6,8,11,13,15H,4-5,7,9-10,12H2,1-3H3,(H,19,24)/t15-/m0/s1. The summed E-state index contributed by atoms with van der Waals surface area (Å²) in [5, 5.41) is 6.95. The molecule has 1 fully saturated rings. The second kappa shape index (κ2) is 7.72. The van der Waals surface area contributed by atoms with Gasteiger partial charge in [0.05, 0.1) is 6.04 Å². The van der Waals surface area contributed by atoms with Crippen LogP contribution in [-0.4, -0.2) is 38.7 Å². The zero-order valence-corrected chi connectivity index (χ0v) is 15.2. The molecule has 0 aliphatic carbocycles. The smallest absolute Gasteiger partial charge is 0.317 e. The number of carbonyl (C=O) groups excluding carboxylic acids is 1. The van der Waals surface area contributed by atoms with Crippen LogP contribution in [0.1, 0.15) is 62.5 Å². The normalized spacial score (nSPS) is 17.9. The Balaban J connectivity index is 1.56. The molecule has 7 nitrogen and oxygen atoms in total. The second-order valence-electron chi connectivity index (χ2n) is 6.93. The SMILES string of the molecule is CC(C)c1noc(CCNC(=O)N2CCCC[C@H]2c2cccn2C)n1. The van der Waals surface area contributed by atoms with E-state index in [2.05, 4.69) is 26.1 Å². The number of hydrogen-bond donors (Lipinski definition) is 1. The molecule has 0 spiro atoms. The van der Waals surface area contributed by atoms with Crippen LogP contribution >= 0.6 is 0 Å². The minimum Gasteiger partial charge on any atom is -0.353 e. The summed E-state index contributed by atoms with van der Waals surface area (Å²) in [6, 6.07) is 4.25. The topological polar surface area (TPSA) is 76.2 Å². The summed E-state index contributed by atoms with van der Waals surface area (Å²) in [4.78, 5) is 18.9. The van der Waals surface area contributed by atoms with E-state index >= 15 is 0 Å². The highest BCUT2D eigenvalue weighted by molar-refractivity contribution is 5.74. The van der Waals surface area contributed by atoms with Crippen molar-refractivity contribution >= 4 is 6.03 Å². The van der Waals surface area contributed by atoms with Gasteiger partial charge in [-0.15, -0.1) is 0 Å². The van der Waals surface area contributed by atoms with Gasteiger partial charge in [0.2, 0.25) is 5.89 Å². The molecule has 7 heteroatoms. The molecule has 0 saturated carbocycles. The van der Waals surface area contributed by atoms with Crippen molar-refractivity contribution in [1.29, 1.82) is 0 Å². The Bertz CT molecular complexity index is 706. The van der Waals surface area contributed by atoms with Crippen molar-refractivity contribution in [2.24, 2.45) is 7.05 Å². The van der Waals surface area contributed by atoms with Gasteiger partial charge in [-0.1, -0.05) is 19.0 Å². The number of piperidine rings is 1. The summed E-state index contributed by atoms with van der Waals surface area (Å²) in [6.07, 6.45) is 5.79. The highest BCUT2D eigenvalue weighted by Gasteiger charge is 2.29. The van der Waals surface area contributed by atoms with Crippen LogP contribution in [0.3, 0.4) is 0 Å². The number of aromatic nitrogens is 3. The lowest BCUT2D eigenvalue weighted by Gasteiger charge is -2.36. The van der Waals surface area contributed by atoms with E-state index in [1.54, 1.807) is 0 Å². The van der Waals surface area contributed by atoms with E-state index in [-0.39, 0.29) is 18.0 Å². The molecule has 1 N–H and O–H groups in total. The molecule has 1 aliphatic rings. The lowest BCUT2D eigenvalue weighted by Crippen LogP contribution is -2.45. The van der Waals surface area contributed by atoms with Crippen LogP contribution in [0.4, 0.5) is 4.79 Å². The van der Waals surface area contributed by atoms with Gasteiger partial charge in [-0.05, 0) is 31.4 Å². The lowest BCUT2D eigenvalue weighted by atomic mass is 10.00. The summed E-state index contributed by atoms with van der Waals surface area (Å²) >= 11 is 0. The van der Waals surface area contributed by atoms with Crippen molar-refractivity contribution in [1.82, 2.24) is 24.9 Å². The van der Waals surface area contributed by atoms with E-state index in [1.165, 1.54) is 5.69 Å². The summed E-state index contributed by atoms with van der Waals surface area (Å²) < 4.78 is 7.32. The second-order valence-corrected chi connectivity index (χ2v) is 6.93. The van der Waals surface area contributed by atoms with Crippen molar-refractivity contribution in [3.8, 4) is 0 Å². The quantitative estimate of drug-likeness (QED) is 0.904. The van der Waals surface area contributed by atoms with Gasteiger partial charge in [-0.2, -0.15) is 4.98 Å². The molecule has 3 rings (SSSR count). The van der Waals surface area contributed by atoms with Crippen LogP contribution < -0.4 is 5.32 Å². The fourth-order valence-corrected chi connectivity index (χ4v) is 3.28. The van der Waals surface area contributed by atoms with Gasteiger partial charge in [0, 0.05) is 44.4 Å². The third-order valence-corrected chi connectivity index (χ3v) is 4.70. The third-order valence-electron chi connectivity index (χ3n) is 4.70. The Morgan fingerprint density at radius 3 is 2.96 bits per heavy atom. The minimum absolute atomic E-state index is 0.0190. The molecular weight excluding hydrogens is 318 g/mol.